The summed E-state index contributed by atoms with van der Waals surface area (Å²) in [4.78, 5) is 11.4. The van der Waals surface area contributed by atoms with E-state index in [1.807, 2.05) is 0 Å². The van der Waals surface area contributed by atoms with Gasteiger partial charge in [-0.3, -0.25) is 4.79 Å². The number of methoxy groups -OCH3 is 1. The number of hydrogen-bond acceptors (Lipinski definition) is 4. The molecule has 0 radical (unpaired) electrons. The third-order valence-corrected chi connectivity index (χ3v) is 2.58. The number of carbonyl (C=O) groups excluding carboxylic acids is 1. The van der Waals surface area contributed by atoms with E-state index in [0.29, 0.717) is 12.6 Å². The van der Waals surface area contributed by atoms with Crippen molar-refractivity contribution in [2.45, 2.75) is 31.5 Å². The average Bonchev–Trinajstić information content (AvgIpc) is 2.72. The fourth-order valence-corrected chi connectivity index (χ4v) is 1.65. The highest BCUT2D eigenvalue weighted by molar-refractivity contribution is 5.80. The first-order valence-corrected chi connectivity index (χ1v) is 5.40. The number of ether oxygens (including phenoxy) is 2. The zero-order chi connectivity index (χ0) is 11.1. The molecule has 5 nitrogen and oxygen atoms in total. The van der Waals surface area contributed by atoms with Crippen LogP contribution in [0.2, 0.25) is 0 Å². The van der Waals surface area contributed by atoms with Crippen molar-refractivity contribution in [1.82, 2.24) is 5.32 Å². The van der Waals surface area contributed by atoms with E-state index in [-0.39, 0.29) is 12.5 Å². The molecule has 15 heavy (non-hydrogen) atoms. The van der Waals surface area contributed by atoms with E-state index < -0.39 is 6.10 Å². The van der Waals surface area contributed by atoms with Gasteiger partial charge in [0.1, 0.15) is 6.10 Å². The van der Waals surface area contributed by atoms with E-state index in [4.69, 9.17) is 15.2 Å². The molecule has 0 aliphatic carbocycles. The fraction of sp³-hybridized carbons (Fsp3) is 0.900. The van der Waals surface area contributed by atoms with Crippen LogP contribution in [0, 0.1) is 0 Å². The molecule has 1 aliphatic heterocycles. The largest absolute Gasteiger partial charge is 0.378 e. The van der Waals surface area contributed by atoms with Gasteiger partial charge in [-0.1, -0.05) is 0 Å². The topological polar surface area (TPSA) is 73.6 Å². The summed E-state index contributed by atoms with van der Waals surface area (Å²) in [5.74, 6) is -0.141. The van der Waals surface area contributed by atoms with Gasteiger partial charge in [-0.25, -0.2) is 0 Å². The molecule has 2 atom stereocenters. The van der Waals surface area contributed by atoms with Crippen LogP contribution in [0.15, 0.2) is 0 Å². The van der Waals surface area contributed by atoms with Gasteiger partial charge in [-0.15, -0.1) is 0 Å². The summed E-state index contributed by atoms with van der Waals surface area (Å²) in [5, 5.41) is 2.79. The molecule has 3 N–H and O–H groups in total. The summed E-state index contributed by atoms with van der Waals surface area (Å²) in [6, 6.07) is 0. The predicted octanol–water partition coefficient (Wildman–Crippen LogP) is -0.355. The van der Waals surface area contributed by atoms with Crippen molar-refractivity contribution < 1.29 is 14.3 Å². The first-order valence-electron chi connectivity index (χ1n) is 5.40. The maximum absolute atomic E-state index is 11.4. The molecule has 1 amide bonds. The average molecular weight is 216 g/mol. The SMILES string of the molecule is COC(CN)C(=O)NCCC1CCCO1. The number of rotatable bonds is 6. The van der Waals surface area contributed by atoms with Crippen LogP contribution < -0.4 is 11.1 Å². The highest BCUT2D eigenvalue weighted by Gasteiger charge is 2.18. The van der Waals surface area contributed by atoms with E-state index in [1.54, 1.807) is 0 Å². The van der Waals surface area contributed by atoms with Gasteiger partial charge in [-0.05, 0) is 19.3 Å². The third-order valence-electron chi connectivity index (χ3n) is 2.58. The van der Waals surface area contributed by atoms with E-state index in [2.05, 4.69) is 5.32 Å². The first-order chi connectivity index (χ1) is 7.27. The summed E-state index contributed by atoms with van der Waals surface area (Å²) in [7, 11) is 1.48. The van der Waals surface area contributed by atoms with Crippen molar-refractivity contribution in [3.63, 3.8) is 0 Å². The molecule has 1 rings (SSSR count). The van der Waals surface area contributed by atoms with E-state index >= 15 is 0 Å². The molecule has 88 valence electrons. The Kier molecular flexibility index (Phi) is 5.60. The lowest BCUT2D eigenvalue weighted by Gasteiger charge is -2.14. The van der Waals surface area contributed by atoms with Crippen LogP contribution in [-0.2, 0) is 14.3 Å². The van der Waals surface area contributed by atoms with Gasteiger partial charge in [0, 0.05) is 26.8 Å². The number of hydrogen-bond donors (Lipinski definition) is 2. The molecule has 0 spiro atoms. The lowest BCUT2D eigenvalue weighted by molar-refractivity contribution is -0.130. The van der Waals surface area contributed by atoms with Crippen molar-refractivity contribution in [2.24, 2.45) is 5.73 Å². The summed E-state index contributed by atoms with van der Waals surface area (Å²) >= 11 is 0. The number of carbonyl (C=O) groups is 1. The second-order valence-electron chi connectivity index (χ2n) is 3.67. The van der Waals surface area contributed by atoms with Crippen LogP contribution >= 0.6 is 0 Å². The minimum atomic E-state index is -0.533. The van der Waals surface area contributed by atoms with Crippen LogP contribution in [0.5, 0.6) is 0 Å². The monoisotopic (exact) mass is 216 g/mol. The van der Waals surface area contributed by atoms with E-state index in [9.17, 15) is 4.79 Å². The van der Waals surface area contributed by atoms with Crippen molar-refractivity contribution >= 4 is 5.91 Å². The molecular formula is C10H20N2O3. The van der Waals surface area contributed by atoms with Crippen LogP contribution in [0.3, 0.4) is 0 Å². The zero-order valence-corrected chi connectivity index (χ0v) is 9.20. The normalized spacial score (nSPS) is 22.7. The van der Waals surface area contributed by atoms with Crippen molar-refractivity contribution in [3.05, 3.63) is 0 Å². The molecule has 1 fully saturated rings. The molecule has 0 aromatic heterocycles. The maximum Gasteiger partial charge on any atom is 0.250 e. The Hall–Kier alpha value is -0.650. The number of amides is 1. The third kappa shape index (κ3) is 4.15. The molecule has 0 saturated carbocycles. The minimum Gasteiger partial charge on any atom is -0.378 e. The second-order valence-corrected chi connectivity index (χ2v) is 3.67. The maximum atomic E-state index is 11.4. The van der Waals surface area contributed by atoms with Crippen molar-refractivity contribution in [3.8, 4) is 0 Å². The molecule has 5 heteroatoms. The summed E-state index contributed by atoms with van der Waals surface area (Å²) in [6.07, 6.45) is 2.87. The van der Waals surface area contributed by atoms with Gasteiger partial charge >= 0.3 is 0 Å². The zero-order valence-electron chi connectivity index (χ0n) is 9.20. The lowest BCUT2D eigenvalue weighted by atomic mass is 10.2. The van der Waals surface area contributed by atoms with E-state index in [0.717, 1.165) is 25.9 Å². The Morgan fingerprint density at radius 3 is 3.07 bits per heavy atom. The fourth-order valence-electron chi connectivity index (χ4n) is 1.65. The van der Waals surface area contributed by atoms with Crippen molar-refractivity contribution in [2.75, 3.05) is 26.8 Å². The molecule has 1 saturated heterocycles. The highest BCUT2D eigenvalue weighted by Crippen LogP contribution is 2.14. The number of nitrogens with one attached hydrogen (secondary N) is 1. The van der Waals surface area contributed by atoms with Gasteiger partial charge in [0.2, 0.25) is 5.91 Å². The quantitative estimate of drug-likeness (QED) is 0.636. The first kappa shape index (κ1) is 12.4. The molecule has 1 heterocycles. The second kappa shape index (κ2) is 6.76. The summed E-state index contributed by atoms with van der Waals surface area (Å²) < 4.78 is 10.4. The predicted molar refractivity (Wildman–Crippen MR) is 56.5 cm³/mol. The summed E-state index contributed by atoms with van der Waals surface area (Å²) in [6.45, 7) is 1.69. The Labute approximate surface area is 90.3 Å². The highest BCUT2D eigenvalue weighted by atomic mass is 16.5. The summed E-state index contributed by atoms with van der Waals surface area (Å²) in [5.41, 5.74) is 5.37. The Morgan fingerprint density at radius 2 is 2.53 bits per heavy atom. The van der Waals surface area contributed by atoms with Gasteiger partial charge in [0.05, 0.1) is 6.10 Å². The molecule has 0 bridgehead atoms. The Morgan fingerprint density at radius 1 is 1.73 bits per heavy atom. The van der Waals surface area contributed by atoms with Gasteiger partial charge in [0.25, 0.3) is 0 Å². The molecule has 2 unspecified atom stereocenters. The molecule has 0 aromatic carbocycles. The van der Waals surface area contributed by atoms with Crippen LogP contribution in [0.4, 0.5) is 0 Å². The standard InChI is InChI=1S/C10H20N2O3/c1-14-9(7-11)10(13)12-5-4-8-3-2-6-15-8/h8-9H,2-7,11H2,1H3,(H,12,13). The Balaban J connectivity index is 2.10. The Bertz CT molecular complexity index is 189. The van der Waals surface area contributed by atoms with Crippen LogP contribution in [0.25, 0.3) is 0 Å². The van der Waals surface area contributed by atoms with E-state index in [1.165, 1.54) is 7.11 Å². The van der Waals surface area contributed by atoms with Gasteiger partial charge in [-0.2, -0.15) is 0 Å². The van der Waals surface area contributed by atoms with Gasteiger partial charge < -0.3 is 20.5 Å². The lowest BCUT2D eigenvalue weighted by Crippen LogP contribution is -2.41. The number of nitrogens with two attached hydrogens (primary N) is 1. The smallest absolute Gasteiger partial charge is 0.250 e. The minimum absolute atomic E-state index is 0.141. The molecular weight excluding hydrogens is 196 g/mol. The molecule has 1 aliphatic rings. The van der Waals surface area contributed by atoms with Gasteiger partial charge in [0.15, 0.2) is 0 Å². The van der Waals surface area contributed by atoms with Crippen LogP contribution in [0.1, 0.15) is 19.3 Å². The molecule has 0 aromatic rings. The van der Waals surface area contributed by atoms with Crippen molar-refractivity contribution in [1.29, 1.82) is 0 Å². The van der Waals surface area contributed by atoms with Crippen LogP contribution in [-0.4, -0.2) is 44.9 Å².